The van der Waals surface area contributed by atoms with Gasteiger partial charge in [0.25, 0.3) is 5.91 Å². The van der Waals surface area contributed by atoms with Crippen molar-refractivity contribution in [3.8, 4) is 0 Å². The second-order valence-corrected chi connectivity index (χ2v) is 10.6. The lowest BCUT2D eigenvalue weighted by molar-refractivity contribution is 0.0773. The Hall–Kier alpha value is -1.36. The van der Waals surface area contributed by atoms with E-state index in [9.17, 15) is 13.2 Å². The van der Waals surface area contributed by atoms with Crippen molar-refractivity contribution in [1.29, 1.82) is 0 Å². The molecule has 0 radical (unpaired) electrons. The molecule has 1 aliphatic rings. The third-order valence-electron chi connectivity index (χ3n) is 5.34. The zero-order valence-electron chi connectivity index (χ0n) is 18.6. The van der Waals surface area contributed by atoms with Crippen LogP contribution in [0, 0.1) is 0 Å². The summed E-state index contributed by atoms with van der Waals surface area (Å²) in [5.74, 6) is 0.890. The molecule has 1 saturated heterocycles. The van der Waals surface area contributed by atoms with Crippen LogP contribution in [0.4, 0.5) is 0 Å². The molecule has 1 fully saturated rings. The fourth-order valence-corrected chi connectivity index (χ4v) is 4.73. The van der Waals surface area contributed by atoms with E-state index in [2.05, 4.69) is 5.32 Å². The van der Waals surface area contributed by atoms with Crippen LogP contribution in [0.3, 0.4) is 0 Å². The van der Waals surface area contributed by atoms with Crippen molar-refractivity contribution in [2.45, 2.75) is 45.9 Å². The van der Waals surface area contributed by atoms with Crippen molar-refractivity contribution in [3.63, 3.8) is 0 Å². The number of nitrogens with zero attached hydrogens (tertiary/aromatic N) is 3. The van der Waals surface area contributed by atoms with Crippen LogP contribution < -0.4 is 5.32 Å². The fraction of sp³-hybridized carbons (Fsp3) is 0.619. The number of hydrogen-bond acceptors (Lipinski definition) is 4. The highest BCUT2D eigenvalue weighted by Crippen LogP contribution is 2.23. The molecule has 0 spiro atoms. The predicted octanol–water partition coefficient (Wildman–Crippen LogP) is 2.76. The molecule has 7 nitrogen and oxygen atoms in total. The van der Waals surface area contributed by atoms with Crippen molar-refractivity contribution in [3.05, 3.63) is 35.4 Å². The molecule has 1 aliphatic heterocycles. The van der Waals surface area contributed by atoms with Crippen LogP contribution in [0.2, 0.25) is 0 Å². The minimum Gasteiger partial charge on any atom is -0.357 e. The topological polar surface area (TPSA) is 82.1 Å². The van der Waals surface area contributed by atoms with E-state index >= 15 is 0 Å². The van der Waals surface area contributed by atoms with Gasteiger partial charge in [-0.05, 0) is 52.3 Å². The number of carbonyl (C=O) groups excluding carboxylic acids is 1. The van der Waals surface area contributed by atoms with Gasteiger partial charge >= 0.3 is 0 Å². The van der Waals surface area contributed by atoms with Gasteiger partial charge in [-0.2, -0.15) is 0 Å². The van der Waals surface area contributed by atoms with Gasteiger partial charge in [0.05, 0.1) is 17.0 Å². The van der Waals surface area contributed by atoms with Gasteiger partial charge in [-0.1, -0.05) is 12.1 Å². The van der Waals surface area contributed by atoms with Gasteiger partial charge in [0.2, 0.25) is 0 Å². The van der Waals surface area contributed by atoms with E-state index in [1.54, 1.807) is 18.7 Å². The zero-order valence-corrected chi connectivity index (χ0v) is 21.8. The number of hydrogen-bond donors (Lipinski definition) is 1. The van der Waals surface area contributed by atoms with Gasteiger partial charge in [-0.15, -0.1) is 24.0 Å². The Morgan fingerprint density at radius 2 is 1.77 bits per heavy atom. The molecule has 170 valence electrons. The number of guanidine groups is 1. The highest BCUT2D eigenvalue weighted by Gasteiger charge is 2.40. The van der Waals surface area contributed by atoms with Gasteiger partial charge in [-0.3, -0.25) is 4.79 Å². The van der Waals surface area contributed by atoms with Crippen LogP contribution in [0.25, 0.3) is 0 Å². The average molecular weight is 551 g/mol. The number of carbonyl (C=O) groups is 1. The number of aliphatic imine (C=N–C) groups is 1. The molecule has 0 aromatic heterocycles. The van der Waals surface area contributed by atoms with Crippen LogP contribution in [-0.4, -0.2) is 73.3 Å². The molecule has 1 aromatic rings. The van der Waals surface area contributed by atoms with Crippen molar-refractivity contribution in [1.82, 2.24) is 15.1 Å². The van der Waals surface area contributed by atoms with E-state index < -0.39 is 14.6 Å². The predicted molar refractivity (Wildman–Crippen MR) is 133 cm³/mol. The molecule has 0 atom stereocenters. The molecule has 1 amide bonds. The molecule has 30 heavy (non-hydrogen) atoms. The van der Waals surface area contributed by atoms with Crippen LogP contribution in [0.15, 0.2) is 29.3 Å². The third kappa shape index (κ3) is 6.32. The van der Waals surface area contributed by atoms with Gasteiger partial charge in [0.1, 0.15) is 0 Å². The summed E-state index contributed by atoms with van der Waals surface area (Å²) in [5.41, 5.74) is 1.68. The summed E-state index contributed by atoms with van der Waals surface area (Å²) < 4.78 is 23.7. The molecule has 0 saturated carbocycles. The molecule has 0 unspecified atom stereocenters. The Bertz CT molecular complexity index is 834. The molecule has 2 rings (SSSR count). The fourth-order valence-electron chi connectivity index (χ4n) is 3.36. The monoisotopic (exact) mass is 550 g/mol. The lowest BCUT2D eigenvalue weighted by atomic mass is 10.1. The number of benzene rings is 1. The minimum atomic E-state index is -3.09. The standard InChI is InChI=1S/C21H34N4O3S.HI/c1-6-22-20(25-13-14-29(27,28)21(4,5)16-25)23-15-17-9-11-18(12-10-17)19(26)24(7-2)8-3;/h9-12H,6-8,13-16H2,1-5H3,(H,22,23);1H. The maximum Gasteiger partial charge on any atom is 0.253 e. The molecule has 0 aliphatic carbocycles. The smallest absolute Gasteiger partial charge is 0.253 e. The minimum absolute atomic E-state index is 0. The molecule has 9 heteroatoms. The molecule has 1 N–H and O–H groups in total. The number of nitrogens with one attached hydrogen (secondary N) is 1. The van der Waals surface area contributed by atoms with Crippen LogP contribution >= 0.6 is 24.0 Å². The van der Waals surface area contributed by atoms with Crippen molar-refractivity contribution in [2.24, 2.45) is 4.99 Å². The maximum absolute atomic E-state index is 12.4. The van der Waals surface area contributed by atoms with Gasteiger partial charge in [0, 0.05) is 38.3 Å². The first-order valence-electron chi connectivity index (χ1n) is 10.3. The lowest BCUT2D eigenvalue weighted by Gasteiger charge is -2.39. The summed E-state index contributed by atoms with van der Waals surface area (Å²) in [7, 11) is -3.09. The van der Waals surface area contributed by atoms with Crippen molar-refractivity contribution in [2.75, 3.05) is 38.5 Å². The van der Waals surface area contributed by atoms with E-state index in [4.69, 9.17) is 4.99 Å². The first-order valence-corrected chi connectivity index (χ1v) is 11.9. The second-order valence-electron chi connectivity index (χ2n) is 7.84. The number of amides is 1. The first kappa shape index (κ1) is 26.7. The van der Waals surface area contributed by atoms with E-state index in [-0.39, 0.29) is 35.6 Å². The normalized spacial score (nSPS) is 17.8. The summed E-state index contributed by atoms with van der Waals surface area (Å²) in [6, 6.07) is 7.53. The summed E-state index contributed by atoms with van der Waals surface area (Å²) in [4.78, 5) is 20.9. The lowest BCUT2D eigenvalue weighted by Crippen LogP contribution is -2.57. The highest BCUT2D eigenvalue weighted by molar-refractivity contribution is 14.0. The SMILES string of the molecule is CCNC(=NCc1ccc(C(=O)N(CC)CC)cc1)N1CCS(=O)(=O)C(C)(C)C1.I. The summed E-state index contributed by atoms with van der Waals surface area (Å²) >= 11 is 0. The number of sulfone groups is 1. The zero-order chi connectivity index (χ0) is 21.7. The summed E-state index contributed by atoms with van der Waals surface area (Å²) in [5, 5.41) is 3.27. The Morgan fingerprint density at radius 3 is 2.27 bits per heavy atom. The summed E-state index contributed by atoms with van der Waals surface area (Å²) in [6.07, 6.45) is 0. The van der Waals surface area contributed by atoms with E-state index in [1.165, 1.54) is 0 Å². The first-order chi connectivity index (χ1) is 13.6. The third-order valence-corrected chi connectivity index (χ3v) is 7.87. The van der Waals surface area contributed by atoms with E-state index in [0.717, 1.165) is 11.5 Å². The Kier molecular flexibility index (Phi) is 10.1. The van der Waals surface area contributed by atoms with Gasteiger partial charge in [0.15, 0.2) is 15.8 Å². The van der Waals surface area contributed by atoms with Gasteiger partial charge in [-0.25, -0.2) is 13.4 Å². The van der Waals surface area contributed by atoms with Crippen molar-refractivity contribution < 1.29 is 13.2 Å². The molecule has 1 aromatic carbocycles. The number of rotatable bonds is 6. The maximum atomic E-state index is 12.4. The Balaban J connectivity index is 0.00000450. The van der Waals surface area contributed by atoms with Crippen LogP contribution in [0.5, 0.6) is 0 Å². The number of halogens is 1. The van der Waals surface area contributed by atoms with Gasteiger partial charge < -0.3 is 15.1 Å². The quantitative estimate of drug-likeness (QED) is 0.335. The molecular weight excluding hydrogens is 515 g/mol. The summed E-state index contributed by atoms with van der Waals surface area (Å²) in [6.45, 7) is 12.9. The molecule has 0 bridgehead atoms. The van der Waals surface area contributed by atoms with E-state index in [0.29, 0.717) is 44.8 Å². The van der Waals surface area contributed by atoms with Crippen molar-refractivity contribution >= 4 is 45.7 Å². The average Bonchev–Trinajstić information content (AvgIpc) is 2.68. The second kappa shape index (κ2) is 11.3. The molecular formula is C21H35IN4O3S. The largest absolute Gasteiger partial charge is 0.357 e. The Morgan fingerprint density at radius 1 is 1.17 bits per heavy atom. The Labute approximate surface area is 198 Å². The highest BCUT2D eigenvalue weighted by atomic mass is 127. The van der Waals surface area contributed by atoms with Crippen LogP contribution in [0.1, 0.15) is 50.5 Å². The van der Waals surface area contributed by atoms with E-state index in [1.807, 2.05) is 49.9 Å². The van der Waals surface area contributed by atoms with Crippen LogP contribution in [-0.2, 0) is 16.4 Å². The molecule has 1 heterocycles.